The molecule has 2 N–H and O–H groups in total. The molecule has 1 saturated heterocycles. The second-order valence-electron chi connectivity index (χ2n) is 6.70. The molecule has 2 fully saturated rings. The summed E-state index contributed by atoms with van der Waals surface area (Å²) in [6, 6.07) is 5.82. The first-order valence-electron chi connectivity index (χ1n) is 8.79. The Hall–Kier alpha value is -2.41. The van der Waals surface area contributed by atoms with Crippen LogP contribution in [-0.4, -0.2) is 59.0 Å². The second kappa shape index (κ2) is 6.48. The van der Waals surface area contributed by atoms with Crippen molar-refractivity contribution in [3.05, 3.63) is 29.6 Å². The van der Waals surface area contributed by atoms with Gasteiger partial charge in [-0.2, -0.15) is 0 Å². The normalized spacial score (nSPS) is 18.3. The van der Waals surface area contributed by atoms with Gasteiger partial charge in [0.2, 0.25) is 0 Å². The number of hydrogen-bond acceptors (Lipinski definition) is 5. The third-order valence-electron chi connectivity index (χ3n) is 5.00. The number of fused-ring (bicyclic) bond motifs is 1. The van der Waals surface area contributed by atoms with Crippen LogP contribution in [0.25, 0.3) is 11.0 Å². The number of nitrogens with zero attached hydrogens (tertiary/aromatic N) is 2. The number of amides is 1. The zero-order valence-electron chi connectivity index (χ0n) is 14.2. The number of para-hydroxylation sites is 1. The number of imidazole rings is 1. The average Bonchev–Trinajstić information content (AvgIpc) is 3.38. The predicted molar refractivity (Wildman–Crippen MR) is 92.5 cm³/mol. The van der Waals surface area contributed by atoms with Crippen molar-refractivity contribution >= 4 is 22.9 Å². The number of piperidine rings is 1. The molecule has 1 aromatic heterocycles. The van der Waals surface area contributed by atoms with E-state index >= 15 is 0 Å². The van der Waals surface area contributed by atoms with Crippen molar-refractivity contribution in [1.82, 2.24) is 20.2 Å². The van der Waals surface area contributed by atoms with Gasteiger partial charge in [0.05, 0.1) is 18.2 Å². The smallest absolute Gasteiger partial charge is 0.340 e. The Bertz CT molecular complexity index is 806. The van der Waals surface area contributed by atoms with Crippen LogP contribution < -0.4 is 5.32 Å². The second-order valence-corrected chi connectivity index (χ2v) is 6.70. The van der Waals surface area contributed by atoms with Crippen molar-refractivity contribution in [3.8, 4) is 0 Å². The molecule has 0 spiro atoms. The van der Waals surface area contributed by atoms with E-state index in [1.54, 1.807) is 12.1 Å². The van der Waals surface area contributed by atoms with Crippen LogP contribution in [0.4, 0.5) is 0 Å². The van der Waals surface area contributed by atoms with E-state index in [9.17, 15) is 9.59 Å². The summed E-state index contributed by atoms with van der Waals surface area (Å²) in [5, 5.41) is 3.34. The van der Waals surface area contributed by atoms with Crippen molar-refractivity contribution in [3.63, 3.8) is 0 Å². The minimum atomic E-state index is -0.450. The Balaban J connectivity index is 1.68. The molecule has 2 heterocycles. The molecule has 4 rings (SSSR count). The lowest BCUT2D eigenvalue weighted by atomic mass is 10.0. The third-order valence-corrected chi connectivity index (χ3v) is 5.00. The SMILES string of the molecule is COC(=O)c1cccc2[nH]c(C(=O)N(C3CCNCC3)C3CC3)nc12. The van der Waals surface area contributed by atoms with Gasteiger partial charge in [-0.3, -0.25) is 4.79 Å². The Morgan fingerprint density at radius 3 is 2.56 bits per heavy atom. The summed E-state index contributed by atoms with van der Waals surface area (Å²) in [5.41, 5.74) is 1.53. The minimum Gasteiger partial charge on any atom is -0.465 e. The maximum absolute atomic E-state index is 13.1. The molecular weight excluding hydrogens is 320 g/mol. The summed E-state index contributed by atoms with van der Waals surface area (Å²) in [6.45, 7) is 1.88. The van der Waals surface area contributed by atoms with E-state index in [-0.39, 0.29) is 11.9 Å². The first kappa shape index (κ1) is 16.1. The van der Waals surface area contributed by atoms with E-state index in [4.69, 9.17) is 4.74 Å². The topological polar surface area (TPSA) is 87.3 Å². The van der Waals surface area contributed by atoms with E-state index in [0.29, 0.717) is 28.5 Å². The third kappa shape index (κ3) is 3.00. The van der Waals surface area contributed by atoms with Crippen LogP contribution in [0.2, 0.25) is 0 Å². The number of carbonyl (C=O) groups excluding carboxylic acids is 2. The Morgan fingerprint density at radius 2 is 1.88 bits per heavy atom. The number of aromatic amines is 1. The van der Waals surface area contributed by atoms with Gasteiger partial charge < -0.3 is 19.9 Å². The number of rotatable bonds is 4. The van der Waals surface area contributed by atoms with E-state index in [1.165, 1.54) is 7.11 Å². The van der Waals surface area contributed by atoms with Crippen molar-refractivity contribution in [2.24, 2.45) is 0 Å². The summed E-state index contributed by atoms with van der Waals surface area (Å²) in [4.78, 5) is 34.6. The highest BCUT2D eigenvalue weighted by Crippen LogP contribution is 2.32. The number of methoxy groups -OCH3 is 1. The van der Waals surface area contributed by atoms with Crippen LogP contribution in [0.15, 0.2) is 18.2 Å². The van der Waals surface area contributed by atoms with Gasteiger partial charge in [0.15, 0.2) is 5.82 Å². The standard InChI is InChI=1S/C18H22N4O3/c1-25-18(24)13-3-2-4-14-15(13)21-16(20-14)17(23)22(11-5-6-11)12-7-9-19-10-8-12/h2-4,11-12,19H,5-10H2,1H3,(H,20,21). The molecule has 2 aliphatic rings. The Morgan fingerprint density at radius 1 is 1.16 bits per heavy atom. The molecule has 1 aromatic carbocycles. The number of ether oxygens (including phenoxy) is 1. The summed E-state index contributed by atoms with van der Waals surface area (Å²) in [7, 11) is 1.34. The summed E-state index contributed by atoms with van der Waals surface area (Å²) < 4.78 is 4.81. The van der Waals surface area contributed by atoms with Crippen LogP contribution in [0.3, 0.4) is 0 Å². The zero-order valence-corrected chi connectivity index (χ0v) is 14.2. The summed E-state index contributed by atoms with van der Waals surface area (Å²) in [5.74, 6) is -0.216. The summed E-state index contributed by atoms with van der Waals surface area (Å²) in [6.07, 6.45) is 4.05. The van der Waals surface area contributed by atoms with Gasteiger partial charge in [-0.1, -0.05) is 6.07 Å². The molecule has 7 heteroatoms. The molecule has 0 atom stereocenters. The van der Waals surface area contributed by atoms with Gasteiger partial charge in [-0.25, -0.2) is 9.78 Å². The maximum atomic E-state index is 13.1. The number of H-pyrrole nitrogens is 1. The fraction of sp³-hybridized carbons (Fsp3) is 0.500. The van der Waals surface area contributed by atoms with Crippen LogP contribution >= 0.6 is 0 Å². The Labute approximate surface area is 145 Å². The van der Waals surface area contributed by atoms with Gasteiger partial charge in [-0.05, 0) is 50.9 Å². The first-order valence-corrected chi connectivity index (χ1v) is 8.79. The fourth-order valence-electron chi connectivity index (χ4n) is 3.60. The monoisotopic (exact) mass is 342 g/mol. The van der Waals surface area contributed by atoms with Crippen molar-refractivity contribution in [2.45, 2.75) is 37.8 Å². The van der Waals surface area contributed by atoms with E-state index in [0.717, 1.165) is 38.8 Å². The molecule has 7 nitrogen and oxygen atoms in total. The molecular formula is C18H22N4O3. The lowest BCUT2D eigenvalue weighted by molar-refractivity contribution is 0.0595. The summed E-state index contributed by atoms with van der Waals surface area (Å²) >= 11 is 0. The molecule has 25 heavy (non-hydrogen) atoms. The zero-order chi connectivity index (χ0) is 17.4. The molecule has 0 unspecified atom stereocenters. The molecule has 1 aliphatic heterocycles. The molecule has 0 bridgehead atoms. The van der Waals surface area contributed by atoms with Gasteiger partial charge in [-0.15, -0.1) is 0 Å². The highest BCUT2D eigenvalue weighted by molar-refractivity contribution is 6.04. The Kier molecular flexibility index (Phi) is 4.17. The molecule has 0 radical (unpaired) electrons. The number of nitrogens with one attached hydrogen (secondary N) is 2. The number of aromatic nitrogens is 2. The number of benzene rings is 1. The molecule has 1 amide bonds. The van der Waals surface area contributed by atoms with E-state index in [1.807, 2.05) is 11.0 Å². The van der Waals surface area contributed by atoms with Gasteiger partial charge >= 0.3 is 5.97 Å². The van der Waals surface area contributed by atoms with E-state index in [2.05, 4.69) is 15.3 Å². The van der Waals surface area contributed by atoms with Crippen LogP contribution in [0.5, 0.6) is 0 Å². The lowest BCUT2D eigenvalue weighted by Crippen LogP contribution is -2.47. The number of carbonyl (C=O) groups is 2. The van der Waals surface area contributed by atoms with Crippen LogP contribution in [0.1, 0.15) is 46.7 Å². The van der Waals surface area contributed by atoms with Crippen LogP contribution in [-0.2, 0) is 4.74 Å². The van der Waals surface area contributed by atoms with Crippen molar-refractivity contribution < 1.29 is 14.3 Å². The largest absolute Gasteiger partial charge is 0.465 e. The quantitative estimate of drug-likeness (QED) is 0.826. The highest BCUT2D eigenvalue weighted by Gasteiger charge is 2.39. The van der Waals surface area contributed by atoms with Gasteiger partial charge in [0, 0.05) is 12.1 Å². The number of hydrogen-bond donors (Lipinski definition) is 2. The lowest BCUT2D eigenvalue weighted by Gasteiger charge is -2.34. The molecule has 2 aromatic rings. The predicted octanol–water partition coefficient (Wildman–Crippen LogP) is 1.71. The molecule has 132 valence electrons. The fourth-order valence-corrected chi connectivity index (χ4v) is 3.60. The van der Waals surface area contributed by atoms with Crippen LogP contribution in [0, 0.1) is 0 Å². The molecule has 1 saturated carbocycles. The number of esters is 1. The molecule has 1 aliphatic carbocycles. The maximum Gasteiger partial charge on any atom is 0.340 e. The van der Waals surface area contributed by atoms with Crippen molar-refractivity contribution in [1.29, 1.82) is 0 Å². The van der Waals surface area contributed by atoms with E-state index < -0.39 is 5.97 Å². The van der Waals surface area contributed by atoms with Gasteiger partial charge in [0.25, 0.3) is 5.91 Å². The highest BCUT2D eigenvalue weighted by atomic mass is 16.5. The van der Waals surface area contributed by atoms with Crippen molar-refractivity contribution in [2.75, 3.05) is 20.2 Å². The average molecular weight is 342 g/mol. The minimum absolute atomic E-state index is 0.0681. The van der Waals surface area contributed by atoms with Gasteiger partial charge in [0.1, 0.15) is 5.52 Å². The first-order chi connectivity index (χ1) is 12.2.